The fourth-order valence-corrected chi connectivity index (χ4v) is 5.78. The molecule has 0 aliphatic rings. The zero-order valence-corrected chi connectivity index (χ0v) is 27.3. The number of nitrogens with one attached hydrogen (secondary N) is 3. The van der Waals surface area contributed by atoms with Crippen molar-refractivity contribution in [3.05, 3.63) is 156 Å². The first-order valence-electron chi connectivity index (χ1n) is 15.3. The fraction of sp³-hybridized carbons (Fsp3) is 0.103. The third-order valence-corrected chi connectivity index (χ3v) is 8.32. The van der Waals surface area contributed by atoms with Gasteiger partial charge in [0.15, 0.2) is 0 Å². The summed E-state index contributed by atoms with van der Waals surface area (Å²) in [6, 6.07) is 39.8. The number of hydrogen-bond acceptors (Lipinski definition) is 6. The Hall–Kier alpha value is -5.80. The van der Waals surface area contributed by atoms with Gasteiger partial charge in [-0.15, -0.1) is 11.8 Å². The number of methoxy groups -OCH3 is 1. The number of carbonyl (C=O) groups is 3. The molecular formula is C39H35N3O5S. The number of hydrogen-bond donors (Lipinski definition) is 3. The van der Waals surface area contributed by atoms with Crippen molar-refractivity contribution in [3.63, 3.8) is 0 Å². The molecule has 9 heteroatoms. The highest BCUT2D eigenvalue weighted by molar-refractivity contribution is 8.00. The van der Waals surface area contributed by atoms with Gasteiger partial charge in [0.25, 0.3) is 11.8 Å². The van der Waals surface area contributed by atoms with Crippen LogP contribution in [0.25, 0.3) is 6.08 Å². The zero-order chi connectivity index (χ0) is 33.7. The van der Waals surface area contributed by atoms with Gasteiger partial charge in [0, 0.05) is 21.8 Å². The van der Waals surface area contributed by atoms with Gasteiger partial charge in [0.05, 0.1) is 13.7 Å². The number of amides is 3. The van der Waals surface area contributed by atoms with Gasteiger partial charge in [-0.3, -0.25) is 14.4 Å². The van der Waals surface area contributed by atoms with Crippen LogP contribution in [-0.4, -0.2) is 31.4 Å². The van der Waals surface area contributed by atoms with Crippen molar-refractivity contribution in [2.45, 2.75) is 17.1 Å². The van der Waals surface area contributed by atoms with E-state index in [1.807, 2.05) is 61.5 Å². The van der Waals surface area contributed by atoms with Crippen molar-refractivity contribution in [1.29, 1.82) is 0 Å². The second kappa shape index (κ2) is 16.7. The lowest BCUT2D eigenvalue weighted by Gasteiger charge is -2.18. The monoisotopic (exact) mass is 657 g/mol. The smallest absolute Gasteiger partial charge is 0.272 e. The molecule has 3 amide bonds. The normalized spacial score (nSPS) is 11.6. The molecule has 5 aromatic carbocycles. The van der Waals surface area contributed by atoms with Gasteiger partial charge in [-0.25, -0.2) is 0 Å². The molecule has 0 aliphatic heterocycles. The Morgan fingerprint density at radius 1 is 0.729 bits per heavy atom. The first kappa shape index (κ1) is 33.6. The van der Waals surface area contributed by atoms with E-state index in [4.69, 9.17) is 9.47 Å². The third kappa shape index (κ3) is 9.37. The third-order valence-electron chi connectivity index (χ3n) is 7.07. The van der Waals surface area contributed by atoms with E-state index in [0.717, 1.165) is 16.2 Å². The lowest BCUT2D eigenvalue weighted by molar-refractivity contribution is -0.116. The summed E-state index contributed by atoms with van der Waals surface area (Å²) in [5, 5.41) is 8.10. The summed E-state index contributed by atoms with van der Waals surface area (Å²) in [6.45, 7) is 2.47. The summed E-state index contributed by atoms with van der Waals surface area (Å²) in [4.78, 5) is 41.1. The molecule has 8 nitrogen and oxygen atoms in total. The van der Waals surface area contributed by atoms with Gasteiger partial charge in [0.1, 0.15) is 22.4 Å². The van der Waals surface area contributed by atoms with Gasteiger partial charge in [-0.2, -0.15) is 0 Å². The maximum Gasteiger partial charge on any atom is 0.272 e. The summed E-state index contributed by atoms with van der Waals surface area (Å²) in [5.74, 6) is 0.273. The summed E-state index contributed by atoms with van der Waals surface area (Å²) < 4.78 is 10.8. The van der Waals surface area contributed by atoms with Crippen LogP contribution in [0, 0.1) is 0 Å². The van der Waals surface area contributed by atoms with E-state index >= 15 is 0 Å². The Labute approximate surface area is 284 Å². The van der Waals surface area contributed by atoms with Crippen molar-refractivity contribution in [2.75, 3.05) is 24.4 Å². The highest BCUT2D eigenvalue weighted by atomic mass is 32.2. The molecule has 0 fully saturated rings. The number of benzene rings is 5. The van der Waals surface area contributed by atoms with Crippen molar-refractivity contribution in [3.8, 4) is 11.5 Å². The Kier molecular flexibility index (Phi) is 11.7. The van der Waals surface area contributed by atoms with Gasteiger partial charge in [0.2, 0.25) is 5.91 Å². The molecule has 0 bridgehead atoms. The molecule has 242 valence electrons. The second-order valence-corrected chi connectivity index (χ2v) is 11.7. The van der Waals surface area contributed by atoms with E-state index in [1.165, 1.54) is 11.8 Å². The zero-order valence-electron chi connectivity index (χ0n) is 26.5. The number of anilines is 2. The molecule has 5 aromatic rings. The fourth-order valence-electron chi connectivity index (χ4n) is 4.70. The molecule has 0 saturated heterocycles. The van der Waals surface area contributed by atoms with E-state index in [9.17, 15) is 14.4 Å². The Bertz CT molecular complexity index is 1860. The number of rotatable bonds is 13. The topological polar surface area (TPSA) is 106 Å². The lowest BCUT2D eigenvalue weighted by Crippen LogP contribution is -2.30. The Morgan fingerprint density at radius 2 is 1.40 bits per heavy atom. The summed E-state index contributed by atoms with van der Waals surface area (Å²) in [6.07, 6.45) is 1.60. The first-order chi connectivity index (χ1) is 23.4. The van der Waals surface area contributed by atoms with Crippen LogP contribution in [0.5, 0.6) is 11.5 Å². The molecule has 0 spiro atoms. The molecular weight excluding hydrogens is 623 g/mol. The van der Waals surface area contributed by atoms with E-state index in [1.54, 1.807) is 92.0 Å². The predicted octanol–water partition coefficient (Wildman–Crippen LogP) is 7.98. The van der Waals surface area contributed by atoms with Crippen LogP contribution in [0.15, 0.2) is 144 Å². The molecule has 1 unspecified atom stereocenters. The van der Waals surface area contributed by atoms with Gasteiger partial charge >= 0.3 is 0 Å². The summed E-state index contributed by atoms with van der Waals surface area (Å²) >= 11 is 1.36. The lowest BCUT2D eigenvalue weighted by atomic mass is 10.1. The van der Waals surface area contributed by atoms with E-state index < -0.39 is 17.1 Å². The number of ether oxygens (including phenoxy) is 2. The molecule has 5 rings (SSSR count). The van der Waals surface area contributed by atoms with E-state index in [0.29, 0.717) is 34.9 Å². The minimum atomic E-state index is -0.584. The highest BCUT2D eigenvalue weighted by Crippen LogP contribution is 2.37. The van der Waals surface area contributed by atoms with Crippen molar-refractivity contribution in [2.24, 2.45) is 0 Å². The average Bonchev–Trinajstić information content (AvgIpc) is 3.12. The van der Waals surface area contributed by atoms with Crippen LogP contribution in [0.1, 0.15) is 33.7 Å². The Morgan fingerprint density at radius 3 is 2.06 bits per heavy atom. The van der Waals surface area contributed by atoms with Crippen LogP contribution in [0.3, 0.4) is 0 Å². The van der Waals surface area contributed by atoms with Crippen molar-refractivity contribution < 1.29 is 23.9 Å². The molecule has 0 heterocycles. The maximum atomic E-state index is 13.6. The van der Waals surface area contributed by atoms with E-state index in [-0.39, 0.29) is 11.6 Å². The largest absolute Gasteiger partial charge is 0.497 e. The molecule has 0 saturated carbocycles. The SMILES string of the molecule is CCOc1ccc(NC(=O)C(Sc2cccc(NC(=O)/C(=C\c3ccc(OC)cc3)NC(=O)c3ccccc3)c2)c2ccccc2)cc1. The second-order valence-electron chi connectivity index (χ2n) is 10.5. The average molecular weight is 658 g/mol. The number of carbonyl (C=O) groups excluding carboxylic acids is 3. The Balaban J connectivity index is 1.36. The van der Waals surface area contributed by atoms with Crippen LogP contribution in [0.2, 0.25) is 0 Å². The summed E-state index contributed by atoms with van der Waals surface area (Å²) in [7, 11) is 1.58. The quantitative estimate of drug-likeness (QED) is 0.0876. The molecule has 0 radical (unpaired) electrons. The minimum absolute atomic E-state index is 0.0592. The highest BCUT2D eigenvalue weighted by Gasteiger charge is 2.23. The standard InChI is InChI=1S/C39H35N3O5S/c1-3-47-33-23-19-30(20-24-33)40-39(45)36(28-11-6-4-7-12-28)48-34-16-10-15-31(26-34)41-38(44)35(25-27-17-21-32(46-2)22-18-27)42-37(43)29-13-8-5-9-14-29/h4-26,36H,3H2,1-2H3,(H,40,45)(H,41,44)(H,42,43)/b35-25+. The van der Waals surface area contributed by atoms with Crippen molar-refractivity contribution in [1.82, 2.24) is 5.32 Å². The van der Waals surface area contributed by atoms with Crippen LogP contribution >= 0.6 is 11.8 Å². The maximum absolute atomic E-state index is 13.6. The molecule has 0 aromatic heterocycles. The molecule has 48 heavy (non-hydrogen) atoms. The van der Waals surface area contributed by atoms with E-state index in [2.05, 4.69) is 16.0 Å². The summed E-state index contributed by atoms with van der Waals surface area (Å²) in [5.41, 5.74) is 3.15. The van der Waals surface area contributed by atoms with Crippen LogP contribution in [-0.2, 0) is 9.59 Å². The van der Waals surface area contributed by atoms with Crippen molar-refractivity contribution >= 4 is 46.9 Å². The molecule has 1 atom stereocenters. The van der Waals surface area contributed by atoms with Gasteiger partial charge in [-0.1, -0.05) is 66.7 Å². The number of thioether (sulfide) groups is 1. The minimum Gasteiger partial charge on any atom is -0.497 e. The predicted molar refractivity (Wildman–Crippen MR) is 191 cm³/mol. The van der Waals surface area contributed by atoms with Crippen LogP contribution in [0.4, 0.5) is 11.4 Å². The molecule has 0 aliphatic carbocycles. The first-order valence-corrected chi connectivity index (χ1v) is 16.2. The van der Waals surface area contributed by atoms with Gasteiger partial charge < -0.3 is 25.4 Å². The molecule has 3 N–H and O–H groups in total. The van der Waals surface area contributed by atoms with Crippen LogP contribution < -0.4 is 25.4 Å². The van der Waals surface area contributed by atoms with Gasteiger partial charge in [-0.05, 0) is 90.9 Å².